The number of hydrogen-bond acceptors (Lipinski definition) is 3. The van der Waals surface area contributed by atoms with E-state index in [9.17, 15) is 5.11 Å². The molecule has 0 aromatic heterocycles. The van der Waals surface area contributed by atoms with Crippen LogP contribution >= 0.6 is 0 Å². The number of hydrogen-bond donors (Lipinski definition) is 2. The maximum absolute atomic E-state index is 9.52. The van der Waals surface area contributed by atoms with Crippen molar-refractivity contribution < 1.29 is 5.11 Å². The lowest BCUT2D eigenvalue weighted by molar-refractivity contribution is 0.471. The van der Waals surface area contributed by atoms with Crippen molar-refractivity contribution >= 4 is 5.69 Å². The topological polar surface area (TPSA) is 35.5 Å². The molecule has 82 valence electrons. The molecule has 0 bridgehead atoms. The molecule has 15 heavy (non-hydrogen) atoms. The van der Waals surface area contributed by atoms with Crippen LogP contribution in [0.15, 0.2) is 18.2 Å². The highest BCUT2D eigenvalue weighted by Crippen LogP contribution is 2.38. The van der Waals surface area contributed by atoms with E-state index < -0.39 is 0 Å². The van der Waals surface area contributed by atoms with E-state index in [1.807, 2.05) is 19.2 Å². The minimum Gasteiger partial charge on any atom is -0.508 e. The molecule has 2 atom stereocenters. The van der Waals surface area contributed by atoms with Crippen LogP contribution in [0.1, 0.15) is 18.4 Å². The van der Waals surface area contributed by atoms with Gasteiger partial charge in [0.1, 0.15) is 5.75 Å². The van der Waals surface area contributed by atoms with Crippen molar-refractivity contribution in [2.75, 3.05) is 25.5 Å². The lowest BCUT2D eigenvalue weighted by atomic mass is 9.94. The quantitative estimate of drug-likeness (QED) is 0.770. The predicted octanol–water partition coefficient (Wildman–Crippen LogP) is 1.53. The van der Waals surface area contributed by atoms with E-state index in [0.717, 1.165) is 6.54 Å². The number of phenolic OH excluding ortho intramolecular Hbond substituents is 1. The number of rotatable bonds is 2. The zero-order chi connectivity index (χ0) is 11.0. The molecule has 2 rings (SSSR count). The van der Waals surface area contributed by atoms with Crippen LogP contribution < -0.4 is 10.2 Å². The fraction of sp³-hybridized carbons (Fsp3) is 0.500. The highest BCUT2D eigenvalue weighted by Gasteiger charge is 2.29. The van der Waals surface area contributed by atoms with Crippen LogP contribution in [0.4, 0.5) is 5.69 Å². The largest absolute Gasteiger partial charge is 0.508 e. The SMILES string of the molecule is CNC(C)C1CN(C)c2ccc(O)cc21. The minimum absolute atomic E-state index is 0.359. The molecule has 1 aliphatic heterocycles. The molecule has 1 heterocycles. The molecule has 0 aliphatic carbocycles. The molecule has 0 fully saturated rings. The van der Waals surface area contributed by atoms with E-state index in [0.29, 0.717) is 17.7 Å². The van der Waals surface area contributed by atoms with Gasteiger partial charge in [0, 0.05) is 31.2 Å². The Morgan fingerprint density at radius 1 is 1.53 bits per heavy atom. The zero-order valence-corrected chi connectivity index (χ0v) is 9.49. The number of benzene rings is 1. The van der Waals surface area contributed by atoms with Crippen molar-refractivity contribution in [3.63, 3.8) is 0 Å². The normalized spacial score (nSPS) is 21.5. The maximum atomic E-state index is 9.52. The van der Waals surface area contributed by atoms with Crippen LogP contribution in [-0.2, 0) is 0 Å². The molecule has 2 unspecified atom stereocenters. The van der Waals surface area contributed by atoms with Gasteiger partial charge in [-0.3, -0.25) is 0 Å². The fourth-order valence-corrected chi connectivity index (χ4v) is 2.31. The molecule has 1 aromatic carbocycles. The molecule has 0 radical (unpaired) electrons. The van der Waals surface area contributed by atoms with Crippen molar-refractivity contribution in [2.24, 2.45) is 0 Å². The van der Waals surface area contributed by atoms with Gasteiger partial charge in [-0.15, -0.1) is 0 Å². The summed E-state index contributed by atoms with van der Waals surface area (Å²) in [7, 11) is 4.07. The highest BCUT2D eigenvalue weighted by atomic mass is 16.3. The Balaban J connectivity index is 2.39. The molecular formula is C12H18N2O. The summed E-state index contributed by atoms with van der Waals surface area (Å²) in [5.74, 6) is 0.819. The van der Waals surface area contributed by atoms with Gasteiger partial charge in [-0.2, -0.15) is 0 Å². The average Bonchev–Trinajstić information content (AvgIpc) is 2.54. The van der Waals surface area contributed by atoms with Crippen molar-refractivity contribution in [2.45, 2.75) is 18.9 Å². The summed E-state index contributed by atoms with van der Waals surface area (Å²) in [6, 6.07) is 6.06. The number of fused-ring (bicyclic) bond motifs is 1. The molecule has 1 aliphatic rings. The molecule has 0 saturated heterocycles. The predicted molar refractivity (Wildman–Crippen MR) is 62.6 cm³/mol. The number of phenols is 1. The summed E-state index contributed by atoms with van der Waals surface area (Å²) >= 11 is 0. The first-order chi connectivity index (χ1) is 7.13. The third-order valence-electron chi connectivity index (χ3n) is 3.35. The molecule has 1 aromatic rings. The number of nitrogens with one attached hydrogen (secondary N) is 1. The van der Waals surface area contributed by atoms with Gasteiger partial charge in [0.2, 0.25) is 0 Å². The summed E-state index contributed by atoms with van der Waals surface area (Å²) in [4.78, 5) is 2.24. The van der Waals surface area contributed by atoms with Gasteiger partial charge in [0.25, 0.3) is 0 Å². The van der Waals surface area contributed by atoms with E-state index in [-0.39, 0.29) is 0 Å². The first kappa shape index (κ1) is 10.3. The minimum atomic E-state index is 0.359. The van der Waals surface area contributed by atoms with Crippen LogP contribution in [0.25, 0.3) is 0 Å². The van der Waals surface area contributed by atoms with Gasteiger partial charge in [0.15, 0.2) is 0 Å². The number of aromatic hydroxyl groups is 1. The second-order valence-corrected chi connectivity index (χ2v) is 4.31. The van der Waals surface area contributed by atoms with Gasteiger partial charge in [-0.05, 0) is 37.7 Å². The molecular weight excluding hydrogens is 188 g/mol. The van der Waals surface area contributed by atoms with Crippen molar-refractivity contribution in [1.82, 2.24) is 5.32 Å². The van der Waals surface area contributed by atoms with E-state index in [4.69, 9.17) is 0 Å². The number of anilines is 1. The zero-order valence-electron chi connectivity index (χ0n) is 9.49. The average molecular weight is 206 g/mol. The summed E-state index contributed by atoms with van der Waals surface area (Å²) < 4.78 is 0. The highest BCUT2D eigenvalue weighted by molar-refractivity contribution is 5.62. The summed E-state index contributed by atoms with van der Waals surface area (Å²) in [5.41, 5.74) is 2.49. The fourth-order valence-electron chi connectivity index (χ4n) is 2.31. The summed E-state index contributed by atoms with van der Waals surface area (Å²) in [5, 5.41) is 12.8. The Morgan fingerprint density at radius 3 is 2.93 bits per heavy atom. The third-order valence-corrected chi connectivity index (χ3v) is 3.35. The molecule has 0 amide bonds. The lowest BCUT2D eigenvalue weighted by Gasteiger charge is -2.19. The van der Waals surface area contributed by atoms with Gasteiger partial charge in [-0.25, -0.2) is 0 Å². The van der Waals surface area contributed by atoms with Crippen molar-refractivity contribution in [3.8, 4) is 5.75 Å². The van der Waals surface area contributed by atoms with Crippen molar-refractivity contribution in [3.05, 3.63) is 23.8 Å². The first-order valence-corrected chi connectivity index (χ1v) is 5.34. The van der Waals surface area contributed by atoms with Crippen LogP contribution in [0.3, 0.4) is 0 Å². The smallest absolute Gasteiger partial charge is 0.116 e. The Hall–Kier alpha value is -1.22. The number of likely N-dealkylation sites (N-methyl/N-ethyl adjacent to an activating group) is 2. The Kier molecular flexibility index (Phi) is 2.57. The van der Waals surface area contributed by atoms with E-state index >= 15 is 0 Å². The third kappa shape index (κ3) is 1.67. The Bertz CT molecular complexity index is 365. The van der Waals surface area contributed by atoms with Crippen LogP contribution in [0.2, 0.25) is 0 Å². The lowest BCUT2D eigenvalue weighted by Crippen LogP contribution is -2.31. The van der Waals surface area contributed by atoms with E-state index in [2.05, 4.69) is 24.2 Å². The van der Waals surface area contributed by atoms with Crippen molar-refractivity contribution in [1.29, 1.82) is 0 Å². The second kappa shape index (κ2) is 3.74. The van der Waals surface area contributed by atoms with Crippen LogP contribution in [-0.4, -0.2) is 31.8 Å². The standard InChI is InChI=1S/C12H18N2O/c1-8(13-2)11-7-14(3)12-5-4-9(15)6-10(11)12/h4-6,8,11,13,15H,7H2,1-3H3. The van der Waals surface area contributed by atoms with Gasteiger partial charge in [-0.1, -0.05) is 0 Å². The molecule has 0 saturated carbocycles. The summed E-state index contributed by atoms with van der Waals surface area (Å²) in [6.07, 6.45) is 0. The molecule has 0 spiro atoms. The molecule has 3 nitrogen and oxygen atoms in total. The Morgan fingerprint density at radius 2 is 2.27 bits per heavy atom. The monoisotopic (exact) mass is 206 g/mol. The number of nitrogens with zero attached hydrogens (tertiary/aromatic N) is 1. The summed E-state index contributed by atoms with van der Waals surface area (Å²) in [6.45, 7) is 3.19. The Labute approximate surface area is 90.7 Å². The van der Waals surface area contributed by atoms with Gasteiger partial charge >= 0.3 is 0 Å². The first-order valence-electron chi connectivity index (χ1n) is 5.34. The maximum Gasteiger partial charge on any atom is 0.116 e. The van der Waals surface area contributed by atoms with E-state index in [1.54, 1.807) is 6.07 Å². The van der Waals surface area contributed by atoms with Gasteiger partial charge in [0.05, 0.1) is 0 Å². The van der Waals surface area contributed by atoms with Crippen LogP contribution in [0.5, 0.6) is 5.75 Å². The van der Waals surface area contributed by atoms with Crippen LogP contribution in [0, 0.1) is 0 Å². The second-order valence-electron chi connectivity index (χ2n) is 4.31. The molecule has 2 N–H and O–H groups in total. The molecule has 3 heteroatoms. The van der Waals surface area contributed by atoms with E-state index in [1.165, 1.54) is 11.3 Å². The van der Waals surface area contributed by atoms with Gasteiger partial charge < -0.3 is 15.3 Å².